The molecule has 0 aromatic carbocycles. The average molecular weight is 298 g/mol. The van der Waals surface area contributed by atoms with E-state index in [1.165, 1.54) is 12.1 Å². The third kappa shape index (κ3) is 3.38. The van der Waals surface area contributed by atoms with Crippen LogP contribution in [0, 0.1) is 12.3 Å². The van der Waals surface area contributed by atoms with E-state index in [-0.39, 0.29) is 24.6 Å². The van der Waals surface area contributed by atoms with Crippen molar-refractivity contribution in [2.75, 3.05) is 18.4 Å². The lowest BCUT2D eigenvalue weighted by Crippen LogP contribution is -2.30. The zero-order chi connectivity index (χ0) is 15.5. The van der Waals surface area contributed by atoms with Crippen LogP contribution in [-0.2, 0) is 11.0 Å². The number of aromatic nitrogens is 4. The van der Waals surface area contributed by atoms with Gasteiger partial charge in [0, 0.05) is 0 Å². The summed E-state index contributed by atoms with van der Waals surface area (Å²) in [7, 11) is 0. The van der Waals surface area contributed by atoms with Crippen LogP contribution in [0.1, 0.15) is 5.82 Å². The van der Waals surface area contributed by atoms with Crippen molar-refractivity contribution in [1.82, 2.24) is 25.1 Å². The molecule has 0 saturated carbocycles. The summed E-state index contributed by atoms with van der Waals surface area (Å²) in [4.78, 5) is 11.3. The van der Waals surface area contributed by atoms with Crippen LogP contribution in [0.25, 0.3) is 5.65 Å². The quantitative estimate of drug-likeness (QED) is 0.793. The SMILES string of the molecule is C#CCNC(=O)CNc1ccc2nnc(C(F)(F)F)n2n1. The summed E-state index contributed by atoms with van der Waals surface area (Å²) >= 11 is 0. The topological polar surface area (TPSA) is 84.2 Å². The maximum atomic E-state index is 12.7. The average Bonchev–Trinajstić information content (AvgIpc) is 2.85. The molecule has 2 aromatic rings. The maximum absolute atomic E-state index is 12.7. The van der Waals surface area contributed by atoms with Gasteiger partial charge in [0.2, 0.25) is 5.91 Å². The number of terminal acetylenes is 1. The summed E-state index contributed by atoms with van der Waals surface area (Å²) < 4.78 is 38.6. The second-order valence-electron chi connectivity index (χ2n) is 3.84. The molecule has 10 heteroatoms. The number of nitrogens with zero attached hydrogens (tertiary/aromatic N) is 4. The molecule has 0 bridgehead atoms. The summed E-state index contributed by atoms with van der Waals surface area (Å²) in [5.41, 5.74) is -0.0512. The Balaban J connectivity index is 2.15. The molecule has 2 heterocycles. The van der Waals surface area contributed by atoms with E-state index >= 15 is 0 Å². The standard InChI is InChI=1S/C11H9F3N6O/c1-2-5-15-9(21)6-16-7-3-4-8-17-18-10(11(12,13)14)20(8)19-7/h1,3-4H,5-6H2,(H,15,21)(H,16,19). The molecule has 0 aliphatic heterocycles. The van der Waals surface area contributed by atoms with Gasteiger partial charge in [-0.15, -0.1) is 21.7 Å². The first kappa shape index (κ1) is 14.6. The first-order chi connectivity index (χ1) is 9.91. The molecule has 0 unspecified atom stereocenters. The number of hydrogen-bond donors (Lipinski definition) is 2. The van der Waals surface area contributed by atoms with Crippen molar-refractivity contribution >= 4 is 17.4 Å². The van der Waals surface area contributed by atoms with Gasteiger partial charge in [0.25, 0.3) is 5.82 Å². The number of rotatable bonds is 4. The molecule has 0 spiro atoms. The van der Waals surface area contributed by atoms with Gasteiger partial charge in [-0.25, -0.2) is 0 Å². The minimum atomic E-state index is -4.67. The number of fused-ring (bicyclic) bond motifs is 1. The normalized spacial score (nSPS) is 11.1. The van der Waals surface area contributed by atoms with Crippen molar-refractivity contribution in [2.24, 2.45) is 0 Å². The Morgan fingerprint density at radius 3 is 2.81 bits per heavy atom. The highest BCUT2D eigenvalue weighted by molar-refractivity contribution is 5.80. The van der Waals surface area contributed by atoms with Gasteiger partial charge in [-0.2, -0.15) is 17.7 Å². The fraction of sp³-hybridized carbons (Fsp3) is 0.273. The van der Waals surface area contributed by atoms with Crippen molar-refractivity contribution in [3.63, 3.8) is 0 Å². The predicted octanol–water partition coefficient (Wildman–Crippen LogP) is 0.304. The van der Waals surface area contributed by atoms with Crippen LogP contribution in [0.15, 0.2) is 12.1 Å². The molecular weight excluding hydrogens is 289 g/mol. The van der Waals surface area contributed by atoms with Crippen LogP contribution in [0.3, 0.4) is 0 Å². The zero-order valence-corrected chi connectivity index (χ0v) is 10.5. The number of carbonyl (C=O) groups excluding carboxylic acids is 1. The Hall–Kier alpha value is -2.83. The lowest BCUT2D eigenvalue weighted by Gasteiger charge is -2.07. The Morgan fingerprint density at radius 2 is 2.14 bits per heavy atom. The zero-order valence-electron chi connectivity index (χ0n) is 10.5. The number of carbonyl (C=O) groups is 1. The molecule has 0 aliphatic carbocycles. The lowest BCUT2D eigenvalue weighted by atomic mass is 10.4. The smallest absolute Gasteiger partial charge is 0.360 e. The fourth-order valence-electron chi connectivity index (χ4n) is 1.44. The van der Waals surface area contributed by atoms with E-state index < -0.39 is 17.9 Å². The highest BCUT2D eigenvalue weighted by atomic mass is 19.4. The minimum Gasteiger partial charge on any atom is -0.360 e. The molecule has 0 radical (unpaired) electrons. The Kier molecular flexibility index (Phi) is 3.93. The van der Waals surface area contributed by atoms with E-state index in [0.717, 1.165) is 0 Å². The second kappa shape index (κ2) is 5.66. The van der Waals surface area contributed by atoms with E-state index in [1.54, 1.807) is 0 Å². The molecule has 0 aliphatic rings. The molecule has 2 rings (SSSR count). The molecule has 2 aromatic heterocycles. The summed E-state index contributed by atoms with van der Waals surface area (Å²) in [5, 5.41) is 15.1. The first-order valence-corrected chi connectivity index (χ1v) is 5.65. The maximum Gasteiger partial charge on any atom is 0.453 e. The van der Waals surface area contributed by atoms with Gasteiger partial charge in [-0.3, -0.25) is 4.79 Å². The van der Waals surface area contributed by atoms with Gasteiger partial charge in [-0.1, -0.05) is 5.92 Å². The number of alkyl halides is 3. The van der Waals surface area contributed by atoms with Crippen molar-refractivity contribution in [2.45, 2.75) is 6.18 Å². The van der Waals surface area contributed by atoms with Crippen LogP contribution in [0.2, 0.25) is 0 Å². The molecular formula is C11H9F3N6O. The van der Waals surface area contributed by atoms with E-state index in [2.05, 4.69) is 31.9 Å². The van der Waals surface area contributed by atoms with Gasteiger partial charge < -0.3 is 10.6 Å². The number of amides is 1. The first-order valence-electron chi connectivity index (χ1n) is 5.65. The van der Waals surface area contributed by atoms with Crippen LogP contribution in [-0.4, -0.2) is 38.8 Å². The van der Waals surface area contributed by atoms with E-state index in [1.807, 2.05) is 0 Å². The summed E-state index contributed by atoms with van der Waals surface area (Å²) in [6.45, 7) is -0.111. The number of hydrogen-bond acceptors (Lipinski definition) is 5. The van der Waals surface area contributed by atoms with Crippen LogP contribution >= 0.6 is 0 Å². The second-order valence-corrected chi connectivity index (χ2v) is 3.84. The third-order valence-corrected chi connectivity index (χ3v) is 2.33. The molecule has 2 N–H and O–H groups in total. The molecule has 0 atom stereocenters. The highest BCUT2D eigenvalue weighted by Gasteiger charge is 2.37. The van der Waals surface area contributed by atoms with Gasteiger partial charge in [0.1, 0.15) is 5.82 Å². The Bertz CT molecular complexity index is 702. The summed E-state index contributed by atoms with van der Waals surface area (Å²) in [5.74, 6) is 0.648. The Morgan fingerprint density at radius 1 is 1.38 bits per heavy atom. The number of anilines is 1. The highest BCUT2D eigenvalue weighted by Crippen LogP contribution is 2.27. The summed E-state index contributed by atoms with van der Waals surface area (Å²) in [6, 6.07) is 2.69. The van der Waals surface area contributed by atoms with Gasteiger partial charge in [0.15, 0.2) is 5.65 Å². The molecule has 7 nitrogen and oxygen atoms in total. The van der Waals surface area contributed by atoms with Crippen molar-refractivity contribution in [3.05, 3.63) is 18.0 Å². The van der Waals surface area contributed by atoms with Gasteiger partial charge in [0.05, 0.1) is 13.1 Å². The van der Waals surface area contributed by atoms with Crippen molar-refractivity contribution < 1.29 is 18.0 Å². The Labute approximate surface area is 116 Å². The fourth-order valence-corrected chi connectivity index (χ4v) is 1.44. The van der Waals surface area contributed by atoms with E-state index in [4.69, 9.17) is 6.42 Å². The monoisotopic (exact) mass is 298 g/mol. The van der Waals surface area contributed by atoms with E-state index in [9.17, 15) is 18.0 Å². The lowest BCUT2D eigenvalue weighted by molar-refractivity contribution is -0.146. The third-order valence-electron chi connectivity index (χ3n) is 2.33. The van der Waals surface area contributed by atoms with Crippen LogP contribution in [0.4, 0.5) is 19.0 Å². The van der Waals surface area contributed by atoms with E-state index in [0.29, 0.717) is 4.52 Å². The summed E-state index contributed by atoms with van der Waals surface area (Å²) in [6.07, 6.45) is 0.299. The number of nitrogens with one attached hydrogen (secondary N) is 2. The number of halogens is 3. The van der Waals surface area contributed by atoms with Crippen molar-refractivity contribution in [1.29, 1.82) is 0 Å². The predicted molar refractivity (Wildman–Crippen MR) is 66.1 cm³/mol. The molecule has 1 amide bonds. The molecule has 21 heavy (non-hydrogen) atoms. The minimum absolute atomic E-state index is 0.0512. The molecule has 0 saturated heterocycles. The van der Waals surface area contributed by atoms with Gasteiger partial charge >= 0.3 is 6.18 Å². The van der Waals surface area contributed by atoms with Crippen LogP contribution in [0.5, 0.6) is 0 Å². The van der Waals surface area contributed by atoms with Gasteiger partial charge in [-0.05, 0) is 12.1 Å². The molecule has 110 valence electrons. The molecule has 0 fully saturated rings. The van der Waals surface area contributed by atoms with Crippen LogP contribution < -0.4 is 10.6 Å². The van der Waals surface area contributed by atoms with Crippen molar-refractivity contribution in [3.8, 4) is 12.3 Å². The largest absolute Gasteiger partial charge is 0.453 e.